The van der Waals surface area contributed by atoms with Crippen molar-refractivity contribution in [3.8, 4) is 44.5 Å². The molecule has 0 aliphatic carbocycles. The van der Waals surface area contributed by atoms with E-state index in [1.807, 2.05) is 0 Å². The molecule has 0 unspecified atom stereocenters. The molecule has 9 aromatic rings. The summed E-state index contributed by atoms with van der Waals surface area (Å²) in [6, 6.07) is 66.5. The van der Waals surface area contributed by atoms with Crippen LogP contribution in [-0.4, -0.2) is 0 Å². The first-order valence-electron chi connectivity index (χ1n) is 15.9. The van der Waals surface area contributed by atoms with Gasteiger partial charge in [0, 0.05) is 0 Å². The summed E-state index contributed by atoms with van der Waals surface area (Å²) in [6.45, 7) is 0. The molecule has 0 atom stereocenters. The molecule has 9 rings (SSSR count). The molecule has 0 radical (unpaired) electrons. The van der Waals surface area contributed by atoms with E-state index in [-0.39, 0.29) is 0 Å². The van der Waals surface area contributed by atoms with Crippen LogP contribution in [0.3, 0.4) is 0 Å². The SMILES string of the molecule is c1ccc(-c2ccc3ccccc3c2-c2c3ccccc3c(-c3ccc(-c4ccc5ccccc5c4)cc3)c3ccccc23)cc1. The van der Waals surface area contributed by atoms with Crippen molar-refractivity contribution in [1.29, 1.82) is 0 Å². The normalized spacial score (nSPS) is 11.5. The molecule has 0 bridgehead atoms. The van der Waals surface area contributed by atoms with E-state index in [1.54, 1.807) is 0 Å². The molecule has 0 fully saturated rings. The molecular weight excluding hydrogens is 553 g/mol. The smallest absolute Gasteiger partial charge is 0.00139 e. The summed E-state index contributed by atoms with van der Waals surface area (Å²) in [5.41, 5.74) is 10.0. The monoisotopic (exact) mass is 582 g/mol. The van der Waals surface area contributed by atoms with E-state index < -0.39 is 0 Å². The van der Waals surface area contributed by atoms with Crippen LogP contribution < -0.4 is 0 Å². The van der Waals surface area contributed by atoms with Gasteiger partial charge in [-0.3, -0.25) is 0 Å². The molecule has 0 aliphatic heterocycles. The third kappa shape index (κ3) is 4.30. The van der Waals surface area contributed by atoms with Crippen LogP contribution in [0.25, 0.3) is 87.6 Å². The summed E-state index contributed by atoms with van der Waals surface area (Å²) >= 11 is 0. The Morgan fingerprint density at radius 3 is 1.37 bits per heavy atom. The lowest BCUT2D eigenvalue weighted by molar-refractivity contribution is 1.62. The summed E-state index contributed by atoms with van der Waals surface area (Å²) in [4.78, 5) is 0. The molecule has 214 valence electrons. The van der Waals surface area contributed by atoms with Crippen molar-refractivity contribution in [3.63, 3.8) is 0 Å². The highest BCUT2D eigenvalue weighted by molar-refractivity contribution is 6.25. The second-order valence-corrected chi connectivity index (χ2v) is 12.1. The molecule has 0 aromatic heterocycles. The fraction of sp³-hybridized carbons (Fsp3) is 0. The molecule has 0 N–H and O–H groups in total. The molecule has 9 aromatic carbocycles. The fourth-order valence-corrected chi connectivity index (χ4v) is 7.31. The van der Waals surface area contributed by atoms with Crippen molar-refractivity contribution in [2.75, 3.05) is 0 Å². The lowest BCUT2D eigenvalue weighted by Gasteiger charge is -2.21. The highest BCUT2D eigenvalue weighted by Crippen LogP contribution is 2.48. The fourth-order valence-electron chi connectivity index (χ4n) is 7.31. The average Bonchev–Trinajstić information content (AvgIpc) is 3.14. The van der Waals surface area contributed by atoms with Gasteiger partial charge < -0.3 is 0 Å². The van der Waals surface area contributed by atoms with E-state index in [2.05, 4.69) is 182 Å². The van der Waals surface area contributed by atoms with Crippen molar-refractivity contribution in [2.24, 2.45) is 0 Å². The van der Waals surface area contributed by atoms with Gasteiger partial charge in [-0.25, -0.2) is 0 Å². The van der Waals surface area contributed by atoms with Gasteiger partial charge in [-0.2, -0.15) is 0 Å². The first-order valence-corrected chi connectivity index (χ1v) is 15.9. The number of fused-ring (bicyclic) bond motifs is 4. The van der Waals surface area contributed by atoms with E-state index in [1.165, 1.54) is 87.6 Å². The van der Waals surface area contributed by atoms with Gasteiger partial charge in [0.25, 0.3) is 0 Å². The van der Waals surface area contributed by atoms with Crippen LogP contribution in [0.15, 0.2) is 182 Å². The van der Waals surface area contributed by atoms with Gasteiger partial charge in [-0.1, -0.05) is 176 Å². The van der Waals surface area contributed by atoms with Crippen LogP contribution in [-0.2, 0) is 0 Å². The second-order valence-electron chi connectivity index (χ2n) is 12.1. The quantitative estimate of drug-likeness (QED) is 0.181. The number of rotatable bonds is 4. The summed E-state index contributed by atoms with van der Waals surface area (Å²) in [5, 5.41) is 10.1. The average molecular weight is 583 g/mol. The minimum absolute atomic E-state index is 1.22. The third-order valence-electron chi connectivity index (χ3n) is 9.45. The maximum Gasteiger partial charge on any atom is -0.00139 e. The molecule has 0 spiro atoms. The van der Waals surface area contributed by atoms with Crippen molar-refractivity contribution >= 4 is 43.1 Å². The lowest BCUT2D eigenvalue weighted by Crippen LogP contribution is -1.94. The highest BCUT2D eigenvalue weighted by Gasteiger charge is 2.20. The molecular formula is C46H30. The lowest BCUT2D eigenvalue weighted by atomic mass is 9.82. The minimum Gasteiger partial charge on any atom is -0.0622 e. The van der Waals surface area contributed by atoms with Crippen LogP contribution >= 0.6 is 0 Å². The van der Waals surface area contributed by atoms with Crippen LogP contribution in [0.5, 0.6) is 0 Å². The number of hydrogen-bond acceptors (Lipinski definition) is 0. The van der Waals surface area contributed by atoms with E-state index in [9.17, 15) is 0 Å². The van der Waals surface area contributed by atoms with Crippen molar-refractivity contribution in [1.82, 2.24) is 0 Å². The molecule has 0 heteroatoms. The Kier molecular flexibility index (Phi) is 6.25. The van der Waals surface area contributed by atoms with Crippen molar-refractivity contribution < 1.29 is 0 Å². The Morgan fingerprint density at radius 1 is 0.217 bits per heavy atom. The van der Waals surface area contributed by atoms with E-state index in [4.69, 9.17) is 0 Å². The van der Waals surface area contributed by atoms with Gasteiger partial charge in [0.05, 0.1) is 0 Å². The number of benzene rings is 9. The third-order valence-corrected chi connectivity index (χ3v) is 9.45. The topological polar surface area (TPSA) is 0 Å². The maximum absolute atomic E-state index is 2.31. The zero-order valence-electron chi connectivity index (χ0n) is 25.3. The van der Waals surface area contributed by atoms with Gasteiger partial charge in [-0.05, 0) is 93.7 Å². The van der Waals surface area contributed by atoms with Gasteiger partial charge in [0.1, 0.15) is 0 Å². The van der Waals surface area contributed by atoms with Crippen LogP contribution in [0.1, 0.15) is 0 Å². The largest absolute Gasteiger partial charge is 0.0622 e. The van der Waals surface area contributed by atoms with E-state index >= 15 is 0 Å². The summed E-state index contributed by atoms with van der Waals surface area (Å²) in [5.74, 6) is 0. The van der Waals surface area contributed by atoms with Crippen molar-refractivity contribution in [2.45, 2.75) is 0 Å². The van der Waals surface area contributed by atoms with Crippen molar-refractivity contribution in [3.05, 3.63) is 182 Å². The Labute approximate surface area is 268 Å². The van der Waals surface area contributed by atoms with Crippen LogP contribution in [0.4, 0.5) is 0 Å². The Balaban J connectivity index is 1.31. The molecule has 46 heavy (non-hydrogen) atoms. The standard InChI is InChI=1S/C46H30/c1-2-13-33(14-3-1)39-29-28-34-15-6-7-17-38(34)45(39)46-42-20-10-8-18-40(42)44(41-19-9-11-21-43(41)46)35-25-22-32(23-26-35)37-27-24-31-12-4-5-16-36(31)30-37/h1-30H. The predicted octanol–water partition coefficient (Wildman–Crippen LogP) is 13.0. The predicted molar refractivity (Wildman–Crippen MR) is 198 cm³/mol. The minimum atomic E-state index is 1.22. The Morgan fingerprint density at radius 2 is 0.696 bits per heavy atom. The molecule has 0 saturated heterocycles. The van der Waals surface area contributed by atoms with Crippen LogP contribution in [0.2, 0.25) is 0 Å². The summed E-state index contributed by atoms with van der Waals surface area (Å²) in [7, 11) is 0. The maximum atomic E-state index is 2.31. The van der Waals surface area contributed by atoms with Gasteiger partial charge in [-0.15, -0.1) is 0 Å². The van der Waals surface area contributed by atoms with Gasteiger partial charge >= 0.3 is 0 Å². The molecule has 0 nitrogen and oxygen atoms in total. The highest BCUT2D eigenvalue weighted by atomic mass is 14.2. The van der Waals surface area contributed by atoms with Gasteiger partial charge in [0.15, 0.2) is 0 Å². The molecule has 0 heterocycles. The summed E-state index contributed by atoms with van der Waals surface area (Å²) in [6.07, 6.45) is 0. The zero-order valence-corrected chi connectivity index (χ0v) is 25.3. The second kappa shape index (κ2) is 10.9. The van der Waals surface area contributed by atoms with E-state index in [0.29, 0.717) is 0 Å². The molecule has 0 saturated carbocycles. The molecule has 0 aliphatic rings. The Bertz CT molecular complexity index is 2500. The van der Waals surface area contributed by atoms with E-state index in [0.717, 1.165) is 0 Å². The summed E-state index contributed by atoms with van der Waals surface area (Å²) < 4.78 is 0. The Hall–Kier alpha value is -5.98. The first-order chi connectivity index (χ1) is 22.8. The van der Waals surface area contributed by atoms with Crippen LogP contribution in [0, 0.1) is 0 Å². The van der Waals surface area contributed by atoms with Gasteiger partial charge in [0.2, 0.25) is 0 Å². The zero-order chi connectivity index (χ0) is 30.5. The first kappa shape index (κ1) is 26.4. The molecule has 0 amide bonds. The number of hydrogen-bond donors (Lipinski definition) is 0.